The van der Waals surface area contributed by atoms with Crippen molar-refractivity contribution < 1.29 is 33.9 Å². The summed E-state index contributed by atoms with van der Waals surface area (Å²) in [6.07, 6.45) is 0.641. The average molecular weight is 404 g/mol. The molecule has 29 heavy (non-hydrogen) atoms. The molecule has 3 rings (SSSR count). The first kappa shape index (κ1) is 21.1. The highest BCUT2D eigenvalue weighted by molar-refractivity contribution is 6.44. The van der Waals surface area contributed by atoms with Gasteiger partial charge in [0.15, 0.2) is 0 Å². The topological polar surface area (TPSA) is 139 Å². The Hall–Kier alpha value is -2.59. The van der Waals surface area contributed by atoms with Crippen LogP contribution in [-0.2, 0) is 16.0 Å². The van der Waals surface area contributed by atoms with Crippen molar-refractivity contribution in [2.24, 2.45) is 11.7 Å². The van der Waals surface area contributed by atoms with Crippen LogP contribution in [0.25, 0.3) is 0 Å². The standard InChI is InChI=1S/C19H25BN2O7/c1-10(7-14(23)11(2)21)18(24)22-8-13(9-22)28-15-4-3-12-5-6-20(27)29-17(12)16(15)19(25)26/h3-4,10-11,13,27H,5-9,21H2,1-2H3,(H,25,26)/t10-,11-/m1/s1. The molecule has 10 heteroatoms. The van der Waals surface area contributed by atoms with Crippen molar-refractivity contribution in [2.45, 2.75) is 45.2 Å². The van der Waals surface area contributed by atoms with Gasteiger partial charge in [-0.2, -0.15) is 0 Å². The van der Waals surface area contributed by atoms with E-state index in [-0.39, 0.29) is 41.3 Å². The Balaban J connectivity index is 1.63. The molecule has 2 heterocycles. The number of fused-ring (bicyclic) bond motifs is 1. The molecule has 1 aromatic rings. The second-order valence-corrected chi connectivity index (χ2v) is 7.69. The van der Waals surface area contributed by atoms with Crippen LogP contribution in [0.2, 0.25) is 6.32 Å². The first-order valence-electron chi connectivity index (χ1n) is 9.65. The predicted molar refractivity (Wildman–Crippen MR) is 104 cm³/mol. The highest BCUT2D eigenvalue weighted by Crippen LogP contribution is 2.37. The van der Waals surface area contributed by atoms with Crippen molar-refractivity contribution in [3.63, 3.8) is 0 Å². The Morgan fingerprint density at radius 1 is 1.34 bits per heavy atom. The number of rotatable bonds is 7. The molecule has 2 aliphatic heterocycles. The third-order valence-corrected chi connectivity index (χ3v) is 5.22. The van der Waals surface area contributed by atoms with E-state index in [4.69, 9.17) is 15.1 Å². The van der Waals surface area contributed by atoms with E-state index >= 15 is 0 Å². The number of carboxylic acids is 1. The lowest BCUT2D eigenvalue weighted by atomic mass is 9.78. The predicted octanol–water partition coefficient (Wildman–Crippen LogP) is 0.332. The molecule has 1 fully saturated rings. The summed E-state index contributed by atoms with van der Waals surface area (Å²) in [5, 5.41) is 19.3. The van der Waals surface area contributed by atoms with Gasteiger partial charge in [0, 0.05) is 12.3 Å². The zero-order valence-corrected chi connectivity index (χ0v) is 16.5. The lowest BCUT2D eigenvalue weighted by molar-refractivity contribution is -0.145. The Kier molecular flexibility index (Phi) is 6.14. The van der Waals surface area contributed by atoms with Crippen LogP contribution in [0.3, 0.4) is 0 Å². The fraction of sp³-hybridized carbons (Fsp3) is 0.526. The third-order valence-electron chi connectivity index (χ3n) is 5.22. The second kappa shape index (κ2) is 8.42. The summed E-state index contributed by atoms with van der Waals surface area (Å²) in [6.45, 7) is 3.88. The largest absolute Gasteiger partial charge is 0.535 e. The molecule has 2 atom stereocenters. The first-order valence-corrected chi connectivity index (χ1v) is 9.65. The van der Waals surface area contributed by atoms with Crippen LogP contribution >= 0.6 is 0 Å². The van der Waals surface area contributed by atoms with Gasteiger partial charge in [-0.1, -0.05) is 13.0 Å². The Morgan fingerprint density at radius 2 is 2.03 bits per heavy atom. The number of hydrogen-bond donors (Lipinski definition) is 3. The van der Waals surface area contributed by atoms with Crippen LogP contribution in [0.15, 0.2) is 12.1 Å². The van der Waals surface area contributed by atoms with Crippen LogP contribution in [0.5, 0.6) is 11.5 Å². The quantitative estimate of drug-likeness (QED) is 0.553. The fourth-order valence-electron chi connectivity index (χ4n) is 3.47. The minimum atomic E-state index is -1.21. The second-order valence-electron chi connectivity index (χ2n) is 7.69. The Labute approximate surface area is 168 Å². The number of Topliss-reactive ketones (excluding diaryl/α,β-unsaturated/α-hetero) is 1. The SMILES string of the molecule is C[C@H](CC(=O)[C@@H](C)N)C(=O)N1CC(Oc2ccc3c(c2C(=O)O)OB(O)CC3)C1. The van der Waals surface area contributed by atoms with Gasteiger partial charge in [0.25, 0.3) is 0 Å². The summed E-state index contributed by atoms with van der Waals surface area (Å²) in [7, 11) is -1.05. The molecule has 0 aromatic heterocycles. The molecule has 0 aliphatic carbocycles. The number of ketones is 1. The molecule has 2 aliphatic rings. The van der Waals surface area contributed by atoms with Gasteiger partial charge in [0.1, 0.15) is 28.9 Å². The van der Waals surface area contributed by atoms with E-state index in [1.807, 2.05) is 0 Å². The van der Waals surface area contributed by atoms with Crippen LogP contribution in [0, 0.1) is 5.92 Å². The van der Waals surface area contributed by atoms with Crippen LogP contribution in [0.4, 0.5) is 0 Å². The lowest BCUT2D eigenvalue weighted by Crippen LogP contribution is -2.57. The van der Waals surface area contributed by atoms with Gasteiger partial charge in [0.2, 0.25) is 5.91 Å². The molecule has 156 valence electrons. The van der Waals surface area contributed by atoms with E-state index in [1.165, 1.54) is 0 Å². The van der Waals surface area contributed by atoms with Crippen molar-refractivity contribution in [3.05, 3.63) is 23.3 Å². The molecule has 0 unspecified atom stereocenters. The molecule has 0 bridgehead atoms. The first-order chi connectivity index (χ1) is 13.7. The molecular formula is C19H25BN2O7. The van der Waals surface area contributed by atoms with E-state index in [0.29, 0.717) is 31.4 Å². The molecule has 1 amide bonds. The highest BCUT2D eigenvalue weighted by Gasteiger charge is 2.37. The molecule has 1 aromatic carbocycles. The van der Waals surface area contributed by atoms with E-state index in [0.717, 1.165) is 0 Å². The van der Waals surface area contributed by atoms with Crippen LogP contribution < -0.4 is 15.1 Å². The molecule has 0 saturated carbocycles. The summed E-state index contributed by atoms with van der Waals surface area (Å²) in [5.41, 5.74) is 6.13. The molecule has 4 N–H and O–H groups in total. The Morgan fingerprint density at radius 3 is 2.66 bits per heavy atom. The number of carbonyl (C=O) groups is 3. The van der Waals surface area contributed by atoms with Crippen LogP contribution in [0.1, 0.15) is 36.2 Å². The number of carboxylic acid groups (broad SMARTS) is 1. The number of nitrogens with zero attached hydrogens (tertiary/aromatic N) is 1. The van der Waals surface area contributed by atoms with Gasteiger partial charge >= 0.3 is 13.1 Å². The van der Waals surface area contributed by atoms with Gasteiger partial charge in [-0.15, -0.1) is 0 Å². The summed E-state index contributed by atoms with van der Waals surface area (Å²) in [4.78, 5) is 37.5. The number of ether oxygens (including phenoxy) is 1. The van der Waals surface area contributed by atoms with Gasteiger partial charge in [0.05, 0.1) is 19.1 Å². The minimum absolute atomic E-state index is 0.0895. The maximum absolute atomic E-state index is 12.4. The van der Waals surface area contributed by atoms with Crippen molar-refractivity contribution in [1.82, 2.24) is 4.90 Å². The summed E-state index contributed by atoms with van der Waals surface area (Å²) in [6, 6.07) is 2.71. The number of amides is 1. The summed E-state index contributed by atoms with van der Waals surface area (Å²) < 4.78 is 11.1. The fourth-order valence-corrected chi connectivity index (χ4v) is 3.47. The van der Waals surface area contributed by atoms with E-state index in [9.17, 15) is 24.5 Å². The number of carbonyl (C=O) groups excluding carboxylic acids is 2. The zero-order chi connectivity index (χ0) is 21.3. The van der Waals surface area contributed by atoms with Gasteiger partial charge in [-0.25, -0.2) is 4.79 Å². The molecule has 1 saturated heterocycles. The number of benzene rings is 1. The normalized spacial score (nSPS) is 18.2. The smallest absolute Gasteiger partial charge is 0.522 e. The number of likely N-dealkylation sites (tertiary alicyclic amines) is 1. The maximum atomic E-state index is 12.4. The van der Waals surface area contributed by atoms with Gasteiger partial charge in [-0.3, -0.25) is 9.59 Å². The molecule has 0 spiro atoms. The molecular weight excluding hydrogens is 379 g/mol. The third kappa shape index (κ3) is 4.54. The minimum Gasteiger partial charge on any atom is -0.535 e. The maximum Gasteiger partial charge on any atom is 0.522 e. The van der Waals surface area contributed by atoms with E-state index in [1.54, 1.807) is 30.9 Å². The lowest BCUT2D eigenvalue weighted by Gasteiger charge is -2.40. The summed E-state index contributed by atoms with van der Waals surface area (Å²) >= 11 is 0. The van der Waals surface area contributed by atoms with Gasteiger partial charge < -0.3 is 30.2 Å². The number of aryl methyl sites for hydroxylation is 1. The Bertz CT molecular complexity index is 823. The van der Waals surface area contributed by atoms with Gasteiger partial charge in [-0.05, 0) is 31.3 Å². The zero-order valence-electron chi connectivity index (χ0n) is 16.5. The highest BCUT2D eigenvalue weighted by atomic mass is 16.5. The van der Waals surface area contributed by atoms with E-state index in [2.05, 4.69) is 0 Å². The monoisotopic (exact) mass is 404 g/mol. The van der Waals surface area contributed by atoms with Crippen LogP contribution in [-0.4, -0.2) is 65.0 Å². The number of hydrogen-bond acceptors (Lipinski definition) is 7. The van der Waals surface area contributed by atoms with E-state index < -0.39 is 25.0 Å². The molecule has 0 radical (unpaired) electrons. The number of aromatic carboxylic acids is 1. The van der Waals surface area contributed by atoms with Crippen molar-refractivity contribution in [3.8, 4) is 11.5 Å². The van der Waals surface area contributed by atoms with Crippen molar-refractivity contribution in [1.29, 1.82) is 0 Å². The summed E-state index contributed by atoms with van der Waals surface area (Å²) in [5.74, 6) is -1.73. The van der Waals surface area contributed by atoms with Crippen molar-refractivity contribution >= 4 is 24.8 Å². The molecule has 9 nitrogen and oxygen atoms in total. The average Bonchev–Trinajstić information content (AvgIpc) is 2.62. The number of nitrogens with two attached hydrogens (primary N) is 1. The van der Waals surface area contributed by atoms with Crippen molar-refractivity contribution in [2.75, 3.05) is 13.1 Å².